The van der Waals surface area contributed by atoms with Crippen molar-refractivity contribution >= 4 is 0 Å². The average molecular weight is 269 g/mol. The Kier molecular flexibility index (Phi) is 5.19. The molecule has 106 valence electrons. The third-order valence-electron chi connectivity index (χ3n) is 3.79. The Morgan fingerprint density at radius 2 is 1.65 bits per heavy atom. The first kappa shape index (κ1) is 14.6. The normalized spacial score (nSPS) is 12.2. The Morgan fingerprint density at radius 1 is 1.00 bits per heavy atom. The van der Waals surface area contributed by atoms with Gasteiger partial charge in [-0.3, -0.25) is 0 Å². The summed E-state index contributed by atoms with van der Waals surface area (Å²) < 4.78 is 5.85. The quantitative estimate of drug-likeness (QED) is 0.851. The number of rotatable bonds is 6. The van der Waals surface area contributed by atoms with E-state index in [9.17, 15) is 0 Å². The molecule has 0 heterocycles. The Balaban J connectivity index is 2.00. The van der Waals surface area contributed by atoms with E-state index >= 15 is 0 Å². The fraction of sp³-hybridized carbons (Fsp3) is 0.333. The van der Waals surface area contributed by atoms with Crippen LogP contribution in [-0.2, 0) is 13.2 Å². The highest BCUT2D eigenvalue weighted by Crippen LogP contribution is 2.22. The van der Waals surface area contributed by atoms with E-state index < -0.39 is 0 Å². The van der Waals surface area contributed by atoms with E-state index in [0.29, 0.717) is 19.1 Å². The van der Waals surface area contributed by atoms with Crippen LogP contribution in [0.5, 0.6) is 5.75 Å². The van der Waals surface area contributed by atoms with E-state index in [1.54, 1.807) is 0 Å². The number of hydrogen-bond donors (Lipinski definition) is 1. The lowest BCUT2D eigenvalue weighted by Crippen LogP contribution is -2.04. The zero-order chi connectivity index (χ0) is 14.4. The lowest BCUT2D eigenvalue weighted by atomic mass is 9.99. The van der Waals surface area contributed by atoms with Gasteiger partial charge in [-0.1, -0.05) is 50.2 Å². The minimum absolute atomic E-state index is 0.548. The van der Waals surface area contributed by atoms with Gasteiger partial charge < -0.3 is 10.5 Å². The molecule has 0 radical (unpaired) electrons. The zero-order valence-electron chi connectivity index (χ0n) is 12.3. The maximum Gasteiger partial charge on any atom is 0.119 e. The molecule has 0 aromatic heterocycles. The van der Waals surface area contributed by atoms with E-state index in [0.717, 1.165) is 23.3 Å². The molecular weight excluding hydrogens is 246 g/mol. The third kappa shape index (κ3) is 3.61. The van der Waals surface area contributed by atoms with E-state index in [1.807, 2.05) is 30.3 Å². The third-order valence-corrected chi connectivity index (χ3v) is 3.79. The standard InChI is InChI=1S/C18H23NO/c1-3-14(2)15-8-10-18(11-9-15)20-13-17-7-5-4-6-16(17)12-19/h4-11,14H,3,12-13,19H2,1-2H3. The van der Waals surface area contributed by atoms with Crippen LogP contribution >= 0.6 is 0 Å². The highest BCUT2D eigenvalue weighted by molar-refractivity contribution is 5.31. The summed E-state index contributed by atoms with van der Waals surface area (Å²) in [5.74, 6) is 1.51. The molecule has 0 amide bonds. The number of benzene rings is 2. The fourth-order valence-corrected chi connectivity index (χ4v) is 2.19. The lowest BCUT2D eigenvalue weighted by Gasteiger charge is -2.12. The summed E-state index contributed by atoms with van der Waals surface area (Å²) in [5.41, 5.74) is 9.39. The second kappa shape index (κ2) is 7.11. The fourth-order valence-electron chi connectivity index (χ4n) is 2.19. The first-order valence-electron chi connectivity index (χ1n) is 7.24. The van der Waals surface area contributed by atoms with E-state index in [4.69, 9.17) is 10.5 Å². The van der Waals surface area contributed by atoms with Crippen LogP contribution in [0.3, 0.4) is 0 Å². The summed E-state index contributed by atoms with van der Waals surface area (Å²) in [4.78, 5) is 0. The van der Waals surface area contributed by atoms with Crippen LogP contribution in [0.15, 0.2) is 48.5 Å². The van der Waals surface area contributed by atoms with E-state index in [1.165, 1.54) is 5.56 Å². The van der Waals surface area contributed by atoms with Gasteiger partial charge in [-0.05, 0) is 41.2 Å². The van der Waals surface area contributed by atoms with Gasteiger partial charge in [0.1, 0.15) is 12.4 Å². The lowest BCUT2D eigenvalue weighted by molar-refractivity contribution is 0.305. The van der Waals surface area contributed by atoms with Crippen LogP contribution in [0, 0.1) is 0 Å². The van der Waals surface area contributed by atoms with Gasteiger partial charge in [0.2, 0.25) is 0 Å². The first-order chi connectivity index (χ1) is 9.74. The Morgan fingerprint density at radius 3 is 2.25 bits per heavy atom. The second-order valence-corrected chi connectivity index (χ2v) is 5.14. The van der Waals surface area contributed by atoms with Crippen LogP contribution in [0.4, 0.5) is 0 Å². The summed E-state index contributed by atoms with van der Waals surface area (Å²) in [6, 6.07) is 16.5. The number of hydrogen-bond acceptors (Lipinski definition) is 2. The molecule has 2 aromatic carbocycles. The predicted molar refractivity (Wildman–Crippen MR) is 83.8 cm³/mol. The molecule has 1 atom stereocenters. The van der Waals surface area contributed by atoms with Gasteiger partial charge in [0.15, 0.2) is 0 Å². The molecule has 1 unspecified atom stereocenters. The van der Waals surface area contributed by atoms with Crippen molar-refractivity contribution in [2.75, 3.05) is 0 Å². The number of ether oxygens (including phenoxy) is 1. The van der Waals surface area contributed by atoms with Crippen LogP contribution in [0.25, 0.3) is 0 Å². The summed E-state index contributed by atoms with van der Waals surface area (Å²) in [6.45, 7) is 5.56. The van der Waals surface area contributed by atoms with Crippen molar-refractivity contribution in [3.63, 3.8) is 0 Å². The average Bonchev–Trinajstić information content (AvgIpc) is 2.53. The Labute approximate surface area is 121 Å². The summed E-state index contributed by atoms with van der Waals surface area (Å²) in [7, 11) is 0. The molecule has 20 heavy (non-hydrogen) atoms. The maximum atomic E-state index is 5.85. The van der Waals surface area contributed by atoms with Gasteiger partial charge in [-0.15, -0.1) is 0 Å². The molecule has 2 rings (SSSR count). The highest BCUT2D eigenvalue weighted by Gasteiger charge is 2.04. The molecule has 0 fully saturated rings. The summed E-state index contributed by atoms with van der Waals surface area (Å²) in [5, 5.41) is 0. The molecule has 0 saturated heterocycles. The van der Waals surface area contributed by atoms with Crippen molar-refractivity contribution in [1.82, 2.24) is 0 Å². The molecule has 2 heteroatoms. The van der Waals surface area contributed by atoms with Gasteiger partial charge in [-0.25, -0.2) is 0 Å². The monoisotopic (exact) mass is 269 g/mol. The largest absolute Gasteiger partial charge is 0.489 e. The SMILES string of the molecule is CCC(C)c1ccc(OCc2ccccc2CN)cc1. The second-order valence-electron chi connectivity index (χ2n) is 5.14. The van der Waals surface area contributed by atoms with Crippen molar-refractivity contribution in [3.8, 4) is 5.75 Å². The number of nitrogens with two attached hydrogens (primary N) is 1. The summed E-state index contributed by atoms with van der Waals surface area (Å²) >= 11 is 0. The Bertz CT molecular complexity index is 533. The Hall–Kier alpha value is -1.80. The van der Waals surface area contributed by atoms with Crippen molar-refractivity contribution in [2.45, 2.75) is 39.3 Å². The van der Waals surface area contributed by atoms with Crippen molar-refractivity contribution in [1.29, 1.82) is 0 Å². The van der Waals surface area contributed by atoms with Crippen LogP contribution in [0.1, 0.15) is 42.9 Å². The molecular formula is C18H23NO. The highest BCUT2D eigenvalue weighted by atomic mass is 16.5. The molecule has 2 nitrogen and oxygen atoms in total. The summed E-state index contributed by atoms with van der Waals surface area (Å²) in [6.07, 6.45) is 1.16. The van der Waals surface area contributed by atoms with Crippen LogP contribution in [-0.4, -0.2) is 0 Å². The van der Waals surface area contributed by atoms with Gasteiger partial charge in [0, 0.05) is 6.54 Å². The molecule has 0 bridgehead atoms. The molecule has 0 saturated carbocycles. The minimum Gasteiger partial charge on any atom is -0.489 e. The maximum absolute atomic E-state index is 5.85. The van der Waals surface area contributed by atoms with E-state index in [2.05, 4.69) is 32.0 Å². The van der Waals surface area contributed by atoms with Gasteiger partial charge >= 0.3 is 0 Å². The zero-order valence-corrected chi connectivity index (χ0v) is 12.3. The molecule has 2 N–H and O–H groups in total. The molecule has 0 aliphatic carbocycles. The van der Waals surface area contributed by atoms with Gasteiger partial charge in [-0.2, -0.15) is 0 Å². The van der Waals surface area contributed by atoms with Gasteiger partial charge in [0.25, 0.3) is 0 Å². The van der Waals surface area contributed by atoms with Crippen LogP contribution in [0.2, 0.25) is 0 Å². The molecule has 0 spiro atoms. The molecule has 2 aromatic rings. The van der Waals surface area contributed by atoms with Gasteiger partial charge in [0.05, 0.1) is 0 Å². The molecule has 0 aliphatic heterocycles. The van der Waals surface area contributed by atoms with Crippen molar-refractivity contribution < 1.29 is 4.74 Å². The molecule has 0 aliphatic rings. The minimum atomic E-state index is 0.548. The predicted octanol–water partition coefficient (Wildman–Crippen LogP) is 4.24. The topological polar surface area (TPSA) is 35.2 Å². The smallest absolute Gasteiger partial charge is 0.119 e. The first-order valence-corrected chi connectivity index (χ1v) is 7.24. The van der Waals surface area contributed by atoms with Crippen molar-refractivity contribution in [3.05, 3.63) is 65.2 Å². The van der Waals surface area contributed by atoms with E-state index in [-0.39, 0.29) is 0 Å². The van der Waals surface area contributed by atoms with Crippen molar-refractivity contribution in [2.24, 2.45) is 5.73 Å². The van der Waals surface area contributed by atoms with Crippen LogP contribution < -0.4 is 10.5 Å².